The van der Waals surface area contributed by atoms with Crippen LogP contribution in [0.25, 0.3) is 10.8 Å². The van der Waals surface area contributed by atoms with Crippen LogP contribution in [-0.2, 0) is 14.6 Å². The molecule has 4 saturated heterocycles. The normalized spacial score (nSPS) is 24.1. The highest BCUT2D eigenvalue weighted by Crippen LogP contribution is 2.45. The monoisotopic (exact) mass is 748 g/mol. The van der Waals surface area contributed by atoms with Crippen molar-refractivity contribution in [1.29, 1.82) is 0 Å². The number of fused-ring (bicyclic) bond motifs is 1. The van der Waals surface area contributed by atoms with Gasteiger partial charge in [0.05, 0.1) is 23.9 Å². The molecule has 0 spiro atoms. The molecular weight excluding hydrogens is 696 g/mol. The number of benzene rings is 1. The first-order valence-corrected chi connectivity index (χ1v) is 21.0. The van der Waals surface area contributed by atoms with Crippen LogP contribution in [0.3, 0.4) is 0 Å². The molecule has 7 rings (SSSR count). The highest BCUT2D eigenvalue weighted by molar-refractivity contribution is 7.90. The van der Waals surface area contributed by atoms with Crippen molar-refractivity contribution >= 4 is 49.8 Å². The number of aliphatic hydroxyl groups is 1. The number of aromatic nitrogens is 3. The zero-order chi connectivity index (χ0) is 37.7. The fraction of sp³-hybridized carbons (Fsp3) is 0.590. The Balaban J connectivity index is 1.17. The molecule has 2 aromatic heterocycles. The fourth-order valence-corrected chi connectivity index (χ4v) is 9.95. The van der Waals surface area contributed by atoms with Crippen LogP contribution in [0.15, 0.2) is 43.2 Å². The molecule has 1 amide bonds. The molecule has 4 fully saturated rings. The lowest BCUT2D eigenvalue weighted by molar-refractivity contribution is -0.126. The van der Waals surface area contributed by atoms with Gasteiger partial charge in [0, 0.05) is 81.0 Å². The molecule has 286 valence electrons. The zero-order valence-corrected chi connectivity index (χ0v) is 32.2. The molecule has 0 bridgehead atoms. The van der Waals surface area contributed by atoms with Gasteiger partial charge in [-0.2, -0.15) is 4.98 Å². The van der Waals surface area contributed by atoms with E-state index in [0.29, 0.717) is 76.1 Å². The number of nitrogens with zero attached hydrogens (tertiary/aromatic N) is 7. The Morgan fingerprint density at radius 1 is 1.08 bits per heavy atom. The van der Waals surface area contributed by atoms with Gasteiger partial charge in [0.25, 0.3) is 0 Å². The molecule has 12 nitrogen and oxygen atoms in total. The van der Waals surface area contributed by atoms with E-state index in [2.05, 4.69) is 46.6 Å². The van der Waals surface area contributed by atoms with Gasteiger partial charge in [-0.25, -0.2) is 22.8 Å². The summed E-state index contributed by atoms with van der Waals surface area (Å²) in [5.41, 5.74) is 2.56. The summed E-state index contributed by atoms with van der Waals surface area (Å²) in [4.78, 5) is 35.3. The van der Waals surface area contributed by atoms with Crippen LogP contribution in [0, 0.1) is 5.92 Å². The van der Waals surface area contributed by atoms with Gasteiger partial charge in [0.15, 0.2) is 0 Å². The minimum Gasteiger partial charge on any atom is -0.390 e. The van der Waals surface area contributed by atoms with E-state index >= 15 is 4.39 Å². The summed E-state index contributed by atoms with van der Waals surface area (Å²) in [6, 6.07) is 5.75. The Morgan fingerprint density at radius 3 is 2.51 bits per heavy atom. The van der Waals surface area contributed by atoms with E-state index in [1.807, 2.05) is 29.0 Å². The summed E-state index contributed by atoms with van der Waals surface area (Å²) in [5.74, 6) is 1.86. The lowest BCUT2D eigenvalue weighted by Gasteiger charge is -2.44. The number of sulfone groups is 1. The standard InChI is InChI=1S/C39H53FN8O4S/c1-6-36(49)48-14-7-8-31(48)28-18-33(47-21-26(22-47)24-53(5,51)52)29-20-42-35(19-27(29)37(28)25(2)3)43-34-9-13-41-38(44-34)46-15-10-32(30(40)23-46)45-16-11-39(4,50)12-17-45/h6,9,13,18-20,25-26,30-32,50H,1,7-8,10-12,14-17,21-24H2,2-5H3,(H,41,42,43,44)/t30-,31+,32+/m0/s1. The summed E-state index contributed by atoms with van der Waals surface area (Å²) in [6.07, 6.45) is 8.87. The van der Waals surface area contributed by atoms with E-state index in [4.69, 9.17) is 9.97 Å². The predicted octanol–water partition coefficient (Wildman–Crippen LogP) is 4.99. The summed E-state index contributed by atoms with van der Waals surface area (Å²) >= 11 is 0. The van der Waals surface area contributed by atoms with Crippen LogP contribution < -0.4 is 15.1 Å². The summed E-state index contributed by atoms with van der Waals surface area (Å²) in [5, 5.41) is 15.7. The molecule has 3 atom stereocenters. The maximum atomic E-state index is 15.6. The van der Waals surface area contributed by atoms with E-state index in [1.54, 1.807) is 12.3 Å². The molecule has 3 aromatic rings. The molecule has 2 N–H and O–H groups in total. The predicted molar refractivity (Wildman–Crippen MR) is 207 cm³/mol. The number of pyridine rings is 1. The highest BCUT2D eigenvalue weighted by Gasteiger charge is 2.39. The zero-order valence-electron chi connectivity index (χ0n) is 31.3. The molecule has 0 unspecified atom stereocenters. The molecule has 0 saturated carbocycles. The number of nitrogens with one attached hydrogen (secondary N) is 1. The molecule has 1 aromatic carbocycles. The average Bonchev–Trinajstić information content (AvgIpc) is 3.58. The van der Waals surface area contributed by atoms with Gasteiger partial charge in [-0.15, -0.1) is 0 Å². The molecule has 14 heteroatoms. The maximum Gasteiger partial charge on any atom is 0.246 e. The van der Waals surface area contributed by atoms with Crippen LogP contribution in [-0.4, -0.2) is 120 Å². The topological polar surface area (TPSA) is 135 Å². The van der Waals surface area contributed by atoms with Crippen molar-refractivity contribution in [2.45, 2.75) is 82.6 Å². The minimum absolute atomic E-state index is 0.0558. The number of hydrogen-bond donors (Lipinski definition) is 2. The van der Waals surface area contributed by atoms with E-state index in [1.165, 1.54) is 12.3 Å². The second kappa shape index (κ2) is 14.7. The van der Waals surface area contributed by atoms with Crippen LogP contribution in [0.5, 0.6) is 0 Å². The Morgan fingerprint density at radius 2 is 1.83 bits per heavy atom. The minimum atomic E-state index is -3.09. The highest BCUT2D eigenvalue weighted by atomic mass is 32.2. The quantitative estimate of drug-likeness (QED) is 0.272. The summed E-state index contributed by atoms with van der Waals surface area (Å²) in [6.45, 7) is 14.1. The largest absolute Gasteiger partial charge is 0.390 e. The number of rotatable bonds is 10. The SMILES string of the molecule is C=CC(=O)N1CCC[C@@H]1c1cc(N2CC(CS(C)(=O)=O)C2)c2cnc(Nc3ccnc(N4CC[C@@H](N5CCC(C)(O)CC5)[C@@H](F)C4)n3)cc2c1C(C)C. The van der Waals surface area contributed by atoms with Gasteiger partial charge in [0.1, 0.15) is 27.6 Å². The van der Waals surface area contributed by atoms with Crippen molar-refractivity contribution in [3.63, 3.8) is 0 Å². The molecular formula is C39H53FN8O4S. The number of anilines is 4. The molecule has 0 radical (unpaired) electrons. The van der Waals surface area contributed by atoms with Crippen LogP contribution >= 0.6 is 0 Å². The number of hydrogen-bond acceptors (Lipinski definition) is 11. The van der Waals surface area contributed by atoms with Crippen molar-refractivity contribution in [1.82, 2.24) is 24.8 Å². The average molecular weight is 749 g/mol. The van der Waals surface area contributed by atoms with E-state index in [-0.39, 0.29) is 42.1 Å². The molecule has 0 aliphatic carbocycles. The first-order valence-electron chi connectivity index (χ1n) is 19.0. The third-order valence-corrected chi connectivity index (χ3v) is 12.7. The second-order valence-electron chi connectivity index (χ2n) is 16.1. The molecule has 53 heavy (non-hydrogen) atoms. The van der Waals surface area contributed by atoms with Crippen molar-refractivity contribution in [3.8, 4) is 0 Å². The Labute approximate surface area is 312 Å². The van der Waals surface area contributed by atoms with E-state index in [0.717, 1.165) is 40.4 Å². The van der Waals surface area contributed by atoms with Gasteiger partial charge < -0.3 is 25.1 Å². The third-order valence-electron chi connectivity index (χ3n) is 11.6. The number of amides is 1. The Bertz CT molecular complexity index is 1960. The number of alkyl halides is 1. The van der Waals surface area contributed by atoms with E-state index in [9.17, 15) is 18.3 Å². The molecule has 6 heterocycles. The van der Waals surface area contributed by atoms with Crippen molar-refractivity contribution in [2.24, 2.45) is 5.92 Å². The first-order chi connectivity index (χ1) is 25.2. The lowest BCUT2D eigenvalue weighted by Crippen LogP contribution is -2.56. The second-order valence-corrected chi connectivity index (χ2v) is 18.3. The number of halogens is 1. The number of piperidine rings is 2. The van der Waals surface area contributed by atoms with Crippen LogP contribution in [0.1, 0.15) is 76.0 Å². The summed E-state index contributed by atoms with van der Waals surface area (Å²) < 4.78 is 39.7. The molecule has 4 aliphatic heterocycles. The van der Waals surface area contributed by atoms with Crippen molar-refractivity contribution in [2.75, 3.05) is 72.9 Å². The third kappa shape index (κ3) is 8.00. The summed E-state index contributed by atoms with van der Waals surface area (Å²) in [7, 11) is -3.09. The van der Waals surface area contributed by atoms with Crippen LogP contribution in [0.2, 0.25) is 0 Å². The van der Waals surface area contributed by atoms with Crippen molar-refractivity contribution in [3.05, 3.63) is 54.4 Å². The maximum absolute atomic E-state index is 15.6. The smallest absolute Gasteiger partial charge is 0.246 e. The number of likely N-dealkylation sites (tertiary alicyclic amines) is 2. The lowest BCUT2D eigenvalue weighted by atomic mass is 9.85. The van der Waals surface area contributed by atoms with Gasteiger partial charge in [-0.3, -0.25) is 9.69 Å². The first kappa shape index (κ1) is 37.4. The van der Waals surface area contributed by atoms with Gasteiger partial charge >= 0.3 is 0 Å². The van der Waals surface area contributed by atoms with Gasteiger partial charge in [-0.05, 0) is 85.7 Å². The van der Waals surface area contributed by atoms with Gasteiger partial charge in [-0.1, -0.05) is 20.4 Å². The van der Waals surface area contributed by atoms with Gasteiger partial charge in [0.2, 0.25) is 11.9 Å². The Hall–Kier alpha value is -3.88. The molecule has 4 aliphatic rings. The fourth-order valence-electron chi connectivity index (χ4n) is 8.89. The number of carbonyl (C=O) groups is 1. The van der Waals surface area contributed by atoms with Crippen LogP contribution in [0.4, 0.5) is 27.7 Å². The Kier molecular flexibility index (Phi) is 10.4. The van der Waals surface area contributed by atoms with Crippen molar-refractivity contribution < 1.29 is 22.7 Å². The van der Waals surface area contributed by atoms with E-state index < -0.39 is 21.6 Å². The number of carbonyl (C=O) groups excluding carboxylic acids is 1.